The van der Waals surface area contributed by atoms with Gasteiger partial charge in [0.2, 0.25) is 0 Å². The molecule has 0 amide bonds. The second kappa shape index (κ2) is 5.63. The molecule has 0 fully saturated rings. The van der Waals surface area contributed by atoms with Crippen molar-refractivity contribution in [3.05, 3.63) is 65.5 Å². The minimum absolute atomic E-state index is 0.0752. The Hall–Kier alpha value is -2.80. The normalized spacial score (nSPS) is 12.0. The van der Waals surface area contributed by atoms with Crippen LogP contribution in [-0.2, 0) is 6.18 Å². The second-order valence-electron chi connectivity index (χ2n) is 5.31. The predicted octanol–water partition coefficient (Wildman–Crippen LogP) is 5.33. The lowest BCUT2D eigenvalue weighted by atomic mass is 10.1. The molecule has 0 aliphatic rings. The SMILES string of the molecule is FC(F)(F)c1cc(-c2ccc(Cl)cc2)nc2cc(-c3ccco3)nn12. The largest absolute Gasteiger partial charge is 0.463 e. The summed E-state index contributed by atoms with van der Waals surface area (Å²) < 4.78 is 46.5. The Bertz CT molecular complexity index is 1040. The average molecular weight is 364 g/mol. The van der Waals surface area contributed by atoms with Crippen molar-refractivity contribution < 1.29 is 17.6 Å². The minimum Gasteiger partial charge on any atom is -0.463 e. The third-order valence-electron chi connectivity index (χ3n) is 3.63. The van der Waals surface area contributed by atoms with Crippen molar-refractivity contribution in [3.8, 4) is 22.7 Å². The van der Waals surface area contributed by atoms with Gasteiger partial charge in [-0.05, 0) is 30.3 Å². The summed E-state index contributed by atoms with van der Waals surface area (Å²) in [4.78, 5) is 4.30. The van der Waals surface area contributed by atoms with E-state index < -0.39 is 11.9 Å². The first-order valence-corrected chi connectivity index (χ1v) is 7.57. The number of halogens is 4. The fourth-order valence-corrected chi connectivity index (χ4v) is 2.62. The van der Waals surface area contributed by atoms with Crippen LogP contribution in [0.5, 0.6) is 0 Å². The molecule has 4 nitrogen and oxygen atoms in total. The predicted molar refractivity (Wildman–Crippen MR) is 86.1 cm³/mol. The van der Waals surface area contributed by atoms with Crippen LogP contribution in [0.15, 0.2) is 59.2 Å². The first-order chi connectivity index (χ1) is 11.9. The molecule has 0 radical (unpaired) electrons. The summed E-state index contributed by atoms with van der Waals surface area (Å²) in [6, 6.07) is 12.1. The van der Waals surface area contributed by atoms with Gasteiger partial charge >= 0.3 is 6.18 Å². The van der Waals surface area contributed by atoms with E-state index in [0.29, 0.717) is 16.3 Å². The summed E-state index contributed by atoms with van der Waals surface area (Å²) in [7, 11) is 0. The highest BCUT2D eigenvalue weighted by molar-refractivity contribution is 6.30. The summed E-state index contributed by atoms with van der Waals surface area (Å²) in [5.74, 6) is 0.367. The average Bonchev–Trinajstić information content (AvgIpc) is 3.22. The summed E-state index contributed by atoms with van der Waals surface area (Å²) in [5.41, 5.74) is 0.142. The lowest BCUT2D eigenvalue weighted by Crippen LogP contribution is -2.13. The molecule has 3 aromatic heterocycles. The molecule has 0 aliphatic heterocycles. The quantitative estimate of drug-likeness (QED) is 0.483. The molecule has 4 aromatic rings. The second-order valence-corrected chi connectivity index (χ2v) is 5.74. The van der Waals surface area contributed by atoms with E-state index in [2.05, 4.69) is 10.1 Å². The number of hydrogen-bond acceptors (Lipinski definition) is 3. The smallest absolute Gasteiger partial charge is 0.433 e. The zero-order valence-corrected chi connectivity index (χ0v) is 13.2. The van der Waals surface area contributed by atoms with Gasteiger partial charge in [0.25, 0.3) is 0 Å². The van der Waals surface area contributed by atoms with Crippen LogP contribution >= 0.6 is 11.6 Å². The first kappa shape index (κ1) is 15.7. The van der Waals surface area contributed by atoms with Crippen molar-refractivity contribution >= 4 is 17.2 Å². The van der Waals surface area contributed by atoms with Crippen LogP contribution < -0.4 is 0 Å². The van der Waals surface area contributed by atoms with Crippen LogP contribution in [0.25, 0.3) is 28.4 Å². The molecular weight excluding hydrogens is 355 g/mol. The Kier molecular flexibility index (Phi) is 3.54. The van der Waals surface area contributed by atoms with Gasteiger partial charge in [-0.1, -0.05) is 23.7 Å². The molecule has 0 bridgehead atoms. The Morgan fingerprint density at radius 2 is 1.76 bits per heavy atom. The molecule has 0 saturated heterocycles. The fourth-order valence-electron chi connectivity index (χ4n) is 2.49. The van der Waals surface area contributed by atoms with Gasteiger partial charge < -0.3 is 4.42 Å². The van der Waals surface area contributed by atoms with E-state index in [1.807, 2.05) is 0 Å². The lowest BCUT2D eigenvalue weighted by Gasteiger charge is -2.11. The number of furan rings is 1. The third kappa shape index (κ3) is 2.87. The zero-order chi connectivity index (χ0) is 17.6. The van der Waals surface area contributed by atoms with Gasteiger partial charge in [0.15, 0.2) is 17.1 Å². The van der Waals surface area contributed by atoms with Gasteiger partial charge in [-0.15, -0.1) is 0 Å². The Balaban J connectivity index is 1.95. The summed E-state index contributed by atoms with van der Waals surface area (Å²) in [6.45, 7) is 0. The van der Waals surface area contributed by atoms with Crippen molar-refractivity contribution in [1.82, 2.24) is 14.6 Å². The summed E-state index contributed by atoms with van der Waals surface area (Å²) in [5, 5.41) is 4.48. The number of fused-ring (bicyclic) bond motifs is 1. The van der Waals surface area contributed by atoms with Crippen LogP contribution in [0.1, 0.15) is 5.69 Å². The maximum absolute atomic E-state index is 13.5. The maximum Gasteiger partial charge on any atom is 0.433 e. The zero-order valence-electron chi connectivity index (χ0n) is 12.5. The van der Waals surface area contributed by atoms with Crippen molar-refractivity contribution in [1.29, 1.82) is 0 Å². The Morgan fingerprint density at radius 1 is 1.00 bits per heavy atom. The Morgan fingerprint density at radius 3 is 2.40 bits per heavy atom. The molecular formula is C17H9ClF3N3O. The monoisotopic (exact) mass is 363 g/mol. The van der Waals surface area contributed by atoms with Crippen LogP contribution in [0.4, 0.5) is 13.2 Å². The van der Waals surface area contributed by atoms with Crippen molar-refractivity contribution in [2.75, 3.05) is 0 Å². The van der Waals surface area contributed by atoms with E-state index in [-0.39, 0.29) is 17.0 Å². The van der Waals surface area contributed by atoms with Gasteiger partial charge in [-0.25, -0.2) is 9.50 Å². The molecule has 4 rings (SSSR count). The van der Waals surface area contributed by atoms with Gasteiger partial charge in [0, 0.05) is 16.7 Å². The van der Waals surface area contributed by atoms with Crippen molar-refractivity contribution in [2.24, 2.45) is 0 Å². The molecule has 0 saturated carbocycles. The minimum atomic E-state index is -4.59. The molecule has 126 valence electrons. The maximum atomic E-state index is 13.5. The first-order valence-electron chi connectivity index (χ1n) is 7.20. The summed E-state index contributed by atoms with van der Waals surface area (Å²) in [6.07, 6.45) is -3.16. The molecule has 25 heavy (non-hydrogen) atoms. The molecule has 3 heterocycles. The lowest BCUT2D eigenvalue weighted by molar-refractivity contribution is -0.142. The number of nitrogens with zero attached hydrogens (tertiary/aromatic N) is 3. The molecule has 8 heteroatoms. The molecule has 0 N–H and O–H groups in total. The standard InChI is InChI=1S/C17H9ClF3N3O/c18-11-5-3-10(4-6-11)12-8-15(17(19,20)21)24-16(22-12)9-13(23-24)14-2-1-7-25-14/h1-9H. The van der Waals surface area contributed by atoms with Gasteiger partial charge in [0.05, 0.1) is 12.0 Å². The highest BCUT2D eigenvalue weighted by atomic mass is 35.5. The van der Waals surface area contributed by atoms with E-state index in [1.54, 1.807) is 36.4 Å². The van der Waals surface area contributed by atoms with Crippen LogP contribution in [0.3, 0.4) is 0 Å². The van der Waals surface area contributed by atoms with E-state index in [0.717, 1.165) is 10.6 Å². The fraction of sp³-hybridized carbons (Fsp3) is 0.0588. The van der Waals surface area contributed by atoms with Gasteiger partial charge in [-0.2, -0.15) is 18.3 Å². The van der Waals surface area contributed by atoms with Crippen molar-refractivity contribution in [2.45, 2.75) is 6.18 Å². The third-order valence-corrected chi connectivity index (χ3v) is 3.88. The van der Waals surface area contributed by atoms with E-state index in [4.69, 9.17) is 16.0 Å². The number of benzene rings is 1. The topological polar surface area (TPSA) is 43.3 Å². The Labute approximate surface area is 144 Å². The van der Waals surface area contributed by atoms with Gasteiger partial charge in [0.1, 0.15) is 5.69 Å². The van der Waals surface area contributed by atoms with E-state index in [1.165, 1.54) is 12.3 Å². The van der Waals surface area contributed by atoms with Crippen LogP contribution in [0.2, 0.25) is 5.02 Å². The number of rotatable bonds is 2. The molecule has 0 aliphatic carbocycles. The number of aromatic nitrogens is 3. The molecule has 0 unspecified atom stereocenters. The molecule has 0 spiro atoms. The van der Waals surface area contributed by atoms with E-state index in [9.17, 15) is 13.2 Å². The van der Waals surface area contributed by atoms with Crippen molar-refractivity contribution in [3.63, 3.8) is 0 Å². The number of alkyl halides is 3. The van der Waals surface area contributed by atoms with Gasteiger partial charge in [-0.3, -0.25) is 0 Å². The van der Waals surface area contributed by atoms with Crippen LogP contribution in [0, 0.1) is 0 Å². The van der Waals surface area contributed by atoms with Crippen LogP contribution in [-0.4, -0.2) is 14.6 Å². The molecule has 1 aromatic carbocycles. The number of hydrogen-bond donors (Lipinski definition) is 0. The summed E-state index contributed by atoms with van der Waals surface area (Å²) >= 11 is 5.83. The molecule has 0 atom stereocenters. The van der Waals surface area contributed by atoms with E-state index >= 15 is 0 Å². The highest BCUT2D eigenvalue weighted by Crippen LogP contribution is 2.33. The highest BCUT2D eigenvalue weighted by Gasteiger charge is 2.35.